The van der Waals surface area contributed by atoms with Crippen molar-refractivity contribution in [3.63, 3.8) is 0 Å². The van der Waals surface area contributed by atoms with Gasteiger partial charge in [-0.2, -0.15) is 10.1 Å². The molecule has 2 aromatic rings. The summed E-state index contributed by atoms with van der Waals surface area (Å²) < 4.78 is 0. The Kier molecular flexibility index (Phi) is 4.56. The number of carbonyl (C=O) groups excluding carboxylic acids is 1. The van der Waals surface area contributed by atoms with Crippen molar-refractivity contribution in [3.8, 4) is 5.75 Å². The highest BCUT2D eigenvalue weighted by atomic mass is 32.2. The van der Waals surface area contributed by atoms with Crippen LogP contribution in [0, 0.1) is 0 Å². The third-order valence-electron chi connectivity index (χ3n) is 2.09. The molecular formula is C11H12N6O2S. The van der Waals surface area contributed by atoms with Crippen molar-refractivity contribution in [1.82, 2.24) is 15.2 Å². The van der Waals surface area contributed by atoms with E-state index in [2.05, 4.69) is 25.7 Å². The summed E-state index contributed by atoms with van der Waals surface area (Å²) in [6.45, 7) is 0. The zero-order valence-electron chi connectivity index (χ0n) is 10.3. The smallest absolute Gasteiger partial charge is 0.240 e. The highest BCUT2D eigenvalue weighted by molar-refractivity contribution is 7.99. The van der Waals surface area contributed by atoms with Gasteiger partial charge in [0.25, 0.3) is 0 Å². The van der Waals surface area contributed by atoms with Crippen molar-refractivity contribution >= 4 is 29.8 Å². The Morgan fingerprint density at radius 2 is 2.25 bits per heavy atom. The fourth-order valence-corrected chi connectivity index (χ4v) is 1.76. The molecule has 5 N–H and O–H groups in total. The Morgan fingerprint density at radius 1 is 1.50 bits per heavy atom. The lowest BCUT2D eigenvalue weighted by molar-refractivity contribution is -0.115. The minimum Gasteiger partial charge on any atom is -0.508 e. The van der Waals surface area contributed by atoms with Gasteiger partial charge in [0.2, 0.25) is 17.0 Å². The van der Waals surface area contributed by atoms with E-state index in [1.165, 1.54) is 0 Å². The summed E-state index contributed by atoms with van der Waals surface area (Å²) in [5.41, 5.74) is 8.50. The van der Waals surface area contributed by atoms with Crippen LogP contribution in [0.1, 0.15) is 5.56 Å². The van der Waals surface area contributed by atoms with Crippen LogP contribution in [0.5, 0.6) is 5.75 Å². The number of phenols is 1. The molecule has 2 rings (SSSR count). The van der Waals surface area contributed by atoms with E-state index in [4.69, 9.17) is 10.8 Å². The highest BCUT2D eigenvalue weighted by Crippen LogP contribution is 2.13. The molecule has 1 aromatic heterocycles. The molecule has 0 bridgehead atoms. The number of aromatic amines is 1. The van der Waals surface area contributed by atoms with Crippen LogP contribution in [0.3, 0.4) is 0 Å². The number of hydrazone groups is 1. The number of hydrogen-bond acceptors (Lipinski definition) is 7. The molecule has 20 heavy (non-hydrogen) atoms. The number of rotatable bonds is 6. The highest BCUT2D eigenvalue weighted by Gasteiger charge is 2.04. The quantitative estimate of drug-likeness (QED) is 0.349. The summed E-state index contributed by atoms with van der Waals surface area (Å²) in [7, 11) is 0. The fraction of sp³-hybridized carbons (Fsp3) is 0.0909. The van der Waals surface area contributed by atoms with E-state index >= 15 is 0 Å². The zero-order chi connectivity index (χ0) is 14.4. The van der Waals surface area contributed by atoms with Crippen LogP contribution in [0.15, 0.2) is 34.5 Å². The lowest BCUT2D eigenvalue weighted by atomic mass is 10.2. The molecule has 0 atom stereocenters. The molecule has 0 spiro atoms. The first-order valence-electron chi connectivity index (χ1n) is 5.55. The van der Waals surface area contributed by atoms with Gasteiger partial charge in [0.05, 0.1) is 12.0 Å². The van der Waals surface area contributed by atoms with Crippen LogP contribution in [-0.4, -0.2) is 38.2 Å². The second-order valence-electron chi connectivity index (χ2n) is 3.68. The van der Waals surface area contributed by atoms with E-state index in [1.807, 2.05) is 0 Å². The van der Waals surface area contributed by atoms with Gasteiger partial charge in [-0.3, -0.25) is 4.79 Å². The van der Waals surface area contributed by atoms with Gasteiger partial charge in [0.1, 0.15) is 5.75 Å². The molecule has 0 saturated carbocycles. The number of phenolic OH excluding ortho intramolecular Hbond substituents is 1. The van der Waals surface area contributed by atoms with Gasteiger partial charge in [0, 0.05) is 0 Å². The van der Waals surface area contributed by atoms with Gasteiger partial charge in [-0.05, 0) is 29.8 Å². The number of H-pyrrole nitrogens is 1. The van der Waals surface area contributed by atoms with Crippen molar-refractivity contribution in [2.24, 2.45) is 10.8 Å². The Bertz CT molecular complexity index is 610. The monoisotopic (exact) mass is 292 g/mol. The van der Waals surface area contributed by atoms with Crippen molar-refractivity contribution < 1.29 is 9.90 Å². The SMILES string of the molecule is NC(=O)CSc1n[nH]c(NN=Cc2ccc(O)cc2)n1. The van der Waals surface area contributed by atoms with E-state index in [0.29, 0.717) is 11.1 Å². The number of benzene rings is 1. The molecule has 1 heterocycles. The molecule has 1 amide bonds. The Labute approximate surface area is 118 Å². The van der Waals surface area contributed by atoms with Crippen molar-refractivity contribution in [2.45, 2.75) is 5.16 Å². The molecule has 0 aliphatic carbocycles. The molecule has 0 saturated heterocycles. The molecule has 0 aliphatic heterocycles. The lowest BCUT2D eigenvalue weighted by Crippen LogP contribution is -2.13. The molecule has 0 fully saturated rings. The molecule has 8 nitrogen and oxygen atoms in total. The number of hydrogen-bond donors (Lipinski definition) is 4. The van der Waals surface area contributed by atoms with Crippen molar-refractivity contribution in [3.05, 3.63) is 29.8 Å². The number of amides is 1. The average Bonchev–Trinajstić information content (AvgIpc) is 2.87. The van der Waals surface area contributed by atoms with Gasteiger partial charge in [-0.1, -0.05) is 11.8 Å². The number of aromatic nitrogens is 3. The van der Waals surface area contributed by atoms with Crippen LogP contribution in [0.2, 0.25) is 0 Å². The second-order valence-corrected chi connectivity index (χ2v) is 4.63. The van der Waals surface area contributed by atoms with E-state index < -0.39 is 5.91 Å². The average molecular weight is 292 g/mol. The number of carbonyl (C=O) groups is 1. The largest absolute Gasteiger partial charge is 0.508 e. The van der Waals surface area contributed by atoms with Gasteiger partial charge < -0.3 is 10.8 Å². The van der Waals surface area contributed by atoms with E-state index in [-0.39, 0.29) is 11.5 Å². The molecule has 9 heteroatoms. The summed E-state index contributed by atoms with van der Waals surface area (Å²) in [6.07, 6.45) is 1.57. The number of primary amides is 1. The number of nitrogens with two attached hydrogens (primary N) is 1. The number of aromatic hydroxyl groups is 1. The summed E-state index contributed by atoms with van der Waals surface area (Å²) in [5.74, 6) is 0.238. The van der Waals surface area contributed by atoms with E-state index in [9.17, 15) is 4.79 Å². The van der Waals surface area contributed by atoms with Gasteiger partial charge in [-0.15, -0.1) is 5.10 Å². The number of thioether (sulfide) groups is 1. The number of anilines is 1. The van der Waals surface area contributed by atoms with Crippen molar-refractivity contribution in [2.75, 3.05) is 11.2 Å². The maximum atomic E-state index is 10.6. The Morgan fingerprint density at radius 3 is 2.95 bits per heavy atom. The topological polar surface area (TPSA) is 129 Å². The molecule has 0 aliphatic rings. The minimum atomic E-state index is -0.431. The van der Waals surface area contributed by atoms with Crippen LogP contribution < -0.4 is 11.2 Å². The van der Waals surface area contributed by atoms with E-state index in [1.54, 1.807) is 30.5 Å². The van der Waals surface area contributed by atoms with Gasteiger partial charge in [-0.25, -0.2) is 10.5 Å². The first kappa shape index (κ1) is 13.9. The molecule has 0 radical (unpaired) electrons. The van der Waals surface area contributed by atoms with Crippen LogP contribution in [0.4, 0.5) is 5.95 Å². The fourth-order valence-electron chi connectivity index (χ4n) is 1.22. The van der Waals surface area contributed by atoms with Gasteiger partial charge >= 0.3 is 0 Å². The second kappa shape index (κ2) is 6.57. The Hall–Kier alpha value is -2.55. The third-order valence-corrected chi connectivity index (χ3v) is 2.96. The molecule has 104 valence electrons. The predicted molar refractivity (Wildman–Crippen MR) is 75.6 cm³/mol. The van der Waals surface area contributed by atoms with Gasteiger partial charge in [0.15, 0.2) is 0 Å². The Balaban J connectivity index is 1.87. The number of nitrogens with one attached hydrogen (secondary N) is 2. The van der Waals surface area contributed by atoms with Crippen LogP contribution in [0.25, 0.3) is 0 Å². The summed E-state index contributed by atoms with van der Waals surface area (Å²) in [4.78, 5) is 14.7. The first-order valence-corrected chi connectivity index (χ1v) is 6.53. The third kappa shape index (κ3) is 4.28. The maximum absolute atomic E-state index is 10.6. The van der Waals surface area contributed by atoms with Crippen LogP contribution in [-0.2, 0) is 4.79 Å². The standard InChI is InChI=1S/C11H12N6O2S/c12-9(19)6-20-11-14-10(16-17-11)15-13-5-7-1-3-8(18)4-2-7/h1-5,18H,6H2,(H2,12,19)(H2,14,15,16,17). The normalized spacial score (nSPS) is 10.8. The number of nitrogens with zero attached hydrogens (tertiary/aromatic N) is 3. The summed E-state index contributed by atoms with van der Waals surface area (Å²) in [5, 5.41) is 20.0. The first-order chi connectivity index (χ1) is 9.63. The molecule has 0 unspecified atom stereocenters. The molecular weight excluding hydrogens is 280 g/mol. The minimum absolute atomic E-state index is 0.119. The van der Waals surface area contributed by atoms with Crippen molar-refractivity contribution in [1.29, 1.82) is 0 Å². The maximum Gasteiger partial charge on any atom is 0.240 e. The molecule has 1 aromatic carbocycles. The zero-order valence-corrected chi connectivity index (χ0v) is 11.1. The predicted octanol–water partition coefficient (Wildman–Crippen LogP) is 0.534. The summed E-state index contributed by atoms with van der Waals surface area (Å²) >= 11 is 1.13. The lowest BCUT2D eigenvalue weighted by Gasteiger charge is -1.94. The van der Waals surface area contributed by atoms with E-state index in [0.717, 1.165) is 17.3 Å². The van der Waals surface area contributed by atoms with Crippen LogP contribution >= 0.6 is 11.8 Å². The summed E-state index contributed by atoms with van der Waals surface area (Å²) in [6, 6.07) is 6.56.